The second-order valence-corrected chi connectivity index (χ2v) is 5.71. The number of carboxylic acid groups (broad SMARTS) is 1. The molecule has 1 fully saturated rings. The van der Waals surface area contributed by atoms with Crippen molar-refractivity contribution in [2.24, 2.45) is 5.92 Å². The molecular weight excluding hydrogens is 330 g/mol. The van der Waals surface area contributed by atoms with Crippen LogP contribution >= 0.6 is 15.9 Å². The summed E-state index contributed by atoms with van der Waals surface area (Å²) in [6.45, 7) is 2.47. The van der Waals surface area contributed by atoms with Gasteiger partial charge < -0.3 is 10.0 Å². The van der Waals surface area contributed by atoms with Gasteiger partial charge in [0.2, 0.25) is 0 Å². The van der Waals surface area contributed by atoms with Gasteiger partial charge in [0, 0.05) is 12.6 Å². The molecule has 1 aromatic heterocycles. The Hall–Kier alpha value is -1.70. The number of carbonyl (C=O) groups is 1. The molecule has 1 aliphatic rings. The molecule has 2 rings (SSSR count). The molecule has 7 nitrogen and oxygen atoms in total. The quantitative estimate of drug-likeness (QED) is 0.668. The number of hydrogen-bond donors (Lipinski definition) is 1. The van der Waals surface area contributed by atoms with Gasteiger partial charge in [-0.3, -0.25) is 10.1 Å². The average molecular weight is 344 g/mol. The number of aliphatic carboxylic acids is 1. The van der Waals surface area contributed by atoms with E-state index in [1.54, 1.807) is 4.90 Å². The molecule has 108 valence electrons. The molecule has 2 unspecified atom stereocenters. The number of carboxylic acids is 1. The van der Waals surface area contributed by atoms with E-state index in [1.165, 1.54) is 6.07 Å². The van der Waals surface area contributed by atoms with E-state index in [-0.39, 0.29) is 11.6 Å². The summed E-state index contributed by atoms with van der Waals surface area (Å²) in [6.07, 6.45) is 2.87. The zero-order chi connectivity index (χ0) is 14.9. The lowest BCUT2D eigenvalue weighted by molar-refractivity contribution is -0.385. The fourth-order valence-electron chi connectivity index (χ4n) is 2.53. The van der Waals surface area contributed by atoms with Gasteiger partial charge in [-0.2, -0.15) is 0 Å². The maximum absolute atomic E-state index is 11.4. The van der Waals surface area contributed by atoms with Crippen molar-refractivity contribution < 1.29 is 14.8 Å². The van der Waals surface area contributed by atoms with Crippen molar-refractivity contribution in [1.29, 1.82) is 0 Å². The summed E-state index contributed by atoms with van der Waals surface area (Å²) in [6, 6.07) is 0.689. The van der Waals surface area contributed by atoms with Gasteiger partial charge in [-0.05, 0) is 34.7 Å². The fourth-order valence-corrected chi connectivity index (χ4v) is 3.10. The molecule has 0 aromatic carbocycles. The molecule has 0 radical (unpaired) electrons. The number of piperidine rings is 1. The lowest BCUT2D eigenvalue weighted by Crippen LogP contribution is -2.49. The van der Waals surface area contributed by atoms with Gasteiger partial charge >= 0.3 is 5.97 Å². The van der Waals surface area contributed by atoms with Gasteiger partial charge in [-0.15, -0.1) is 0 Å². The minimum Gasteiger partial charge on any atom is -0.480 e. The third kappa shape index (κ3) is 2.74. The van der Waals surface area contributed by atoms with Crippen molar-refractivity contribution in [3.63, 3.8) is 0 Å². The Kier molecular flexibility index (Phi) is 4.22. The van der Waals surface area contributed by atoms with Crippen LogP contribution in [-0.4, -0.2) is 33.6 Å². The molecule has 0 bridgehead atoms. The molecule has 20 heavy (non-hydrogen) atoms. The summed E-state index contributed by atoms with van der Waals surface area (Å²) >= 11 is 3.25. The third-order valence-electron chi connectivity index (χ3n) is 3.48. The predicted octanol–water partition coefficient (Wildman–Crippen LogP) is 2.44. The number of pyridine rings is 1. The molecule has 1 N–H and O–H groups in total. The zero-order valence-corrected chi connectivity index (χ0v) is 12.4. The smallest absolute Gasteiger partial charge is 0.326 e. The van der Waals surface area contributed by atoms with Crippen molar-refractivity contribution in [1.82, 2.24) is 4.98 Å². The van der Waals surface area contributed by atoms with Crippen LogP contribution in [0, 0.1) is 16.0 Å². The van der Waals surface area contributed by atoms with E-state index in [9.17, 15) is 20.0 Å². The Morgan fingerprint density at radius 2 is 2.35 bits per heavy atom. The molecule has 1 aromatic rings. The van der Waals surface area contributed by atoms with Crippen LogP contribution in [0.3, 0.4) is 0 Å². The van der Waals surface area contributed by atoms with Gasteiger partial charge in [-0.1, -0.05) is 6.92 Å². The van der Waals surface area contributed by atoms with Gasteiger partial charge in [0.15, 0.2) is 0 Å². The maximum Gasteiger partial charge on any atom is 0.326 e. The van der Waals surface area contributed by atoms with Crippen molar-refractivity contribution in [2.45, 2.75) is 25.8 Å². The number of halogens is 1. The van der Waals surface area contributed by atoms with Crippen molar-refractivity contribution in [3.05, 3.63) is 26.9 Å². The first-order valence-electron chi connectivity index (χ1n) is 6.21. The van der Waals surface area contributed by atoms with E-state index >= 15 is 0 Å². The van der Waals surface area contributed by atoms with Gasteiger partial charge in [0.05, 0.1) is 9.40 Å². The zero-order valence-electron chi connectivity index (χ0n) is 10.8. The van der Waals surface area contributed by atoms with Crippen molar-refractivity contribution in [3.8, 4) is 0 Å². The molecule has 8 heteroatoms. The Labute approximate surface area is 123 Å². The van der Waals surface area contributed by atoms with Crippen LogP contribution < -0.4 is 4.90 Å². The number of nitro groups is 1. The number of nitrogens with zero attached hydrogens (tertiary/aromatic N) is 3. The average Bonchev–Trinajstić information content (AvgIpc) is 2.37. The summed E-state index contributed by atoms with van der Waals surface area (Å²) in [5.41, 5.74) is -0.127. The maximum atomic E-state index is 11.4. The van der Waals surface area contributed by atoms with Crippen LogP contribution in [0.15, 0.2) is 16.7 Å². The van der Waals surface area contributed by atoms with Crippen LogP contribution in [0.25, 0.3) is 0 Å². The number of aromatic nitrogens is 1. The monoisotopic (exact) mass is 343 g/mol. The summed E-state index contributed by atoms with van der Waals surface area (Å²) < 4.78 is 0.437. The lowest BCUT2D eigenvalue weighted by Gasteiger charge is -2.38. The molecule has 0 spiro atoms. The highest BCUT2D eigenvalue weighted by atomic mass is 79.9. The van der Waals surface area contributed by atoms with Gasteiger partial charge in [0.25, 0.3) is 5.69 Å². The largest absolute Gasteiger partial charge is 0.480 e. The number of rotatable bonds is 3. The van der Waals surface area contributed by atoms with E-state index in [0.29, 0.717) is 16.8 Å². The molecule has 2 atom stereocenters. The van der Waals surface area contributed by atoms with E-state index < -0.39 is 16.9 Å². The minimum absolute atomic E-state index is 0.00476. The van der Waals surface area contributed by atoms with Crippen LogP contribution in [0.4, 0.5) is 11.5 Å². The topological polar surface area (TPSA) is 96.6 Å². The highest BCUT2D eigenvalue weighted by Gasteiger charge is 2.36. The molecular formula is C12H14BrN3O4. The molecule has 2 heterocycles. The second kappa shape index (κ2) is 5.74. The van der Waals surface area contributed by atoms with E-state index in [1.807, 2.05) is 6.92 Å². The second-order valence-electron chi connectivity index (χ2n) is 4.85. The highest BCUT2D eigenvalue weighted by Crippen LogP contribution is 2.33. The normalized spacial score (nSPS) is 22.6. The Bertz CT molecular complexity index is 552. The first kappa shape index (κ1) is 14.7. The third-order valence-corrected chi connectivity index (χ3v) is 4.06. The van der Waals surface area contributed by atoms with E-state index in [4.69, 9.17) is 0 Å². The van der Waals surface area contributed by atoms with Crippen LogP contribution in [0.2, 0.25) is 0 Å². The summed E-state index contributed by atoms with van der Waals surface area (Å²) in [4.78, 5) is 27.4. The standard InChI is InChI=1S/C12H14BrN3O4/c1-7-3-2-4-15(10(7)12(17)18)11-9(13)5-8(6-14-11)16(19)20/h5-7,10H,2-4H2,1H3,(H,17,18). The summed E-state index contributed by atoms with van der Waals surface area (Å²) in [5, 5.41) is 20.1. The molecule has 0 saturated carbocycles. The first-order valence-corrected chi connectivity index (χ1v) is 7.00. The number of anilines is 1. The lowest BCUT2D eigenvalue weighted by atomic mass is 9.91. The van der Waals surface area contributed by atoms with E-state index in [2.05, 4.69) is 20.9 Å². The van der Waals surface area contributed by atoms with Gasteiger partial charge in [0.1, 0.15) is 18.1 Å². The Balaban J connectivity index is 2.38. The van der Waals surface area contributed by atoms with E-state index in [0.717, 1.165) is 19.0 Å². The summed E-state index contributed by atoms with van der Waals surface area (Å²) in [7, 11) is 0. The van der Waals surface area contributed by atoms with Crippen molar-refractivity contribution >= 4 is 33.4 Å². The van der Waals surface area contributed by atoms with Gasteiger partial charge in [-0.25, -0.2) is 9.78 Å². The highest BCUT2D eigenvalue weighted by molar-refractivity contribution is 9.10. The SMILES string of the molecule is CC1CCCN(c2ncc([N+](=O)[O-])cc2Br)C1C(=O)O. The van der Waals surface area contributed by atoms with Crippen LogP contribution in [0.1, 0.15) is 19.8 Å². The molecule has 1 aliphatic heterocycles. The Morgan fingerprint density at radius 3 is 2.90 bits per heavy atom. The fraction of sp³-hybridized carbons (Fsp3) is 0.500. The molecule has 1 saturated heterocycles. The molecule has 0 amide bonds. The van der Waals surface area contributed by atoms with Crippen LogP contribution in [0.5, 0.6) is 0 Å². The number of hydrogen-bond acceptors (Lipinski definition) is 5. The summed E-state index contributed by atoms with van der Waals surface area (Å²) in [5.74, 6) is -0.455. The minimum atomic E-state index is -0.899. The predicted molar refractivity (Wildman–Crippen MR) is 75.8 cm³/mol. The Morgan fingerprint density at radius 1 is 1.65 bits per heavy atom. The first-order chi connectivity index (χ1) is 9.41. The van der Waals surface area contributed by atoms with Crippen LogP contribution in [-0.2, 0) is 4.79 Å². The van der Waals surface area contributed by atoms with Crippen molar-refractivity contribution in [2.75, 3.05) is 11.4 Å². The molecule has 0 aliphatic carbocycles.